The minimum atomic E-state index is 0.993. The van der Waals surface area contributed by atoms with Crippen molar-refractivity contribution in [3.8, 4) is 5.69 Å². The summed E-state index contributed by atoms with van der Waals surface area (Å²) in [4.78, 5) is 4.64. The molecule has 3 aromatic rings. The number of hydrogen-bond donors (Lipinski definition) is 0. The molecule has 0 amide bonds. The molecule has 0 fully saturated rings. The topological polar surface area (TPSA) is 17.3 Å². The molecule has 0 aliphatic heterocycles. The van der Waals surface area contributed by atoms with Crippen LogP contribution < -0.4 is 0 Å². The van der Waals surface area contributed by atoms with Gasteiger partial charge in [-0.3, -0.25) is 4.99 Å². The molecule has 0 unspecified atom stereocenters. The Balaban J connectivity index is 1.94. The van der Waals surface area contributed by atoms with Crippen LogP contribution in [0.3, 0.4) is 0 Å². The number of hydrogen-bond acceptors (Lipinski definition) is 1. The molecule has 0 radical (unpaired) electrons. The molecular weight excluding hydrogens is 292 g/mol. The molecular formula is C22H24N2. The largest absolute Gasteiger partial charge is 0.318 e. The van der Waals surface area contributed by atoms with Crippen LogP contribution in [0, 0.1) is 20.8 Å². The lowest BCUT2D eigenvalue weighted by Crippen LogP contribution is -1.99. The summed E-state index contributed by atoms with van der Waals surface area (Å²) in [7, 11) is 0. The SMILES string of the molecule is CCc1ccc(-n2c(C)cc(C=Nc3cccc(C)c3)c2C)cc1. The van der Waals surface area contributed by atoms with E-state index in [0.29, 0.717) is 0 Å². The van der Waals surface area contributed by atoms with Gasteiger partial charge in [0.2, 0.25) is 0 Å². The van der Waals surface area contributed by atoms with Gasteiger partial charge in [0.1, 0.15) is 0 Å². The number of aliphatic imine (C=N–C) groups is 1. The Morgan fingerprint density at radius 2 is 1.71 bits per heavy atom. The molecule has 122 valence electrons. The van der Waals surface area contributed by atoms with Crippen LogP contribution in [-0.4, -0.2) is 10.8 Å². The van der Waals surface area contributed by atoms with Crippen molar-refractivity contribution in [2.45, 2.75) is 34.1 Å². The molecule has 0 saturated carbocycles. The quantitative estimate of drug-likeness (QED) is 0.548. The number of aromatic nitrogens is 1. The van der Waals surface area contributed by atoms with Crippen molar-refractivity contribution >= 4 is 11.9 Å². The normalized spacial score (nSPS) is 11.3. The average Bonchev–Trinajstić information content (AvgIpc) is 2.87. The van der Waals surface area contributed by atoms with Crippen LogP contribution in [0.4, 0.5) is 5.69 Å². The molecule has 1 aromatic heterocycles. The molecule has 0 spiro atoms. The molecule has 24 heavy (non-hydrogen) atoms. The molecule has 2 nitrogen and oxygen atoms in total. The summed E-state index contributed by atoms with van der Waals surface area (Å²) < 4.78 is 2.29. The Morgan fingerprint density at radius 1 is 0.958 bits per heavy atom. The summed E-state index contributed by atoms with van der Waals surface area (Å²) in [5.41, 5.74) is 8.39. The fourth-order valence-corrected chi connectivity index (χ4v) is 3.05. The fourth-order valence-electron chi connectivity index (χ4n) is 3.05. The van der Waals surface area contributed by atoms with Crippen LogP contribution in [0.15, 0.2) is 59.6 Å². The van der Waals surface area contributed by atoms with E-state index in [4.69, 9.17) is 0 Å². The molecule has 0 aliphatic rings. The summed E-state index contributed by atoms with van der Waals surface area (Å²) in [6, 6.07) is 19.3. The fraction of sp³-hybridized carbons (Fsp3) is 0.227. The smallest absolute Gasteiger partial charge is 0.0632 e. The van der Waals surface area contributed by atoms with Gasteiger partial charge >= 0.3 is 0 Å². The van der Waals surface area contributed by atoms with Gasteiger partial charge < -0.3 is 4.57 Å². The Bertz CT molecular complexity index is 867. The molecule has 1 heterocycles. The van der Waals surface area contributed by atoms with Crippen molar-refractivity contribution in [2.24, 2.45) is 4.99 Å². The zero-order valence-corrected chi connectivity index (χ0v) is 14.9. The monoisotopic (exact) mass is 316 g/mol. The van der Waals surface area contributed by atoms with E-state index in [0.717, 1.165) is 17.7 Å². The minimum absolute atomic E-state index is 0.993. The van der Waals surface area contributed by atoms with Gasteiger partial charge in [-0.05, 0) is 68.7 Å². The van der Waals surface area contributed by atoms with Gasteiger partial charge in [-0.15, -0.1) is 0 Å². The molecule has 0 N–H and O–H groups in total. The van der Waals surface area contributed by atoms with Crippen molar-refractivity contribution in [1.82, 2.24) is 4.57 Å². The first-order valence-corrected chi connectivity index (χ1v) is 8.47. The van der Waals surface area contributed by atoms with E-state index >= 15 is 0 Å². The van der Waals surface area contributed by atoms with Gasteiger partial charge in [-0.25, -0.2) is 0 Å². The van der Waals surface area contributed by atoms with Crippen LogP contribution >= 0.6 is 0 Å². The third-order valence-electron chi connectivity index (χ3n) is 4.43. The highest BCUT2D eigenvalue weighted by Crippen LogP contribution is 2.21. The standard InChI is InChI=1S/C22H24N2/c1-5-19-9-11-22(12-10-19)24-17(3)14-20(18(24)4)15-23-21-8-6-7-16(2)13-21/h6-15H,5H2,1-4H3. The lowest BCUT2D eigenvalue weighted by molar-refractivity contribution is 0.962. The lowest BCUT2D eigenvalue weighted by Gasteiger charge is -2.10. The van der Waals surface area contributed by atoms with Gasteiger partial charge in [0.05, 0.1) is 5.69 Å². The maximum Gasteiger partial charge on any atom is 0.0632 e. The molecule has 0 aliphatic carbocycles. The molecule has 0 bridgehead atoms. The molecule has 0 saturated heterocycles. The van der Waals surface area contributed by atoms with Crippen LogP contribution in [0.2, 0.25) is 0 Å². The number of benzene rings is 2. The van der Waals surface area contributed by atoms with E-state index in [1.54, 1.807) is 0 Å². The van der Waals surface area contributed by atoms with E-state index < -0.39 is 0 Å². The third kappa shape index (κ3) is 3.33. The van der Waals surface area contributed by atoms with Crippen molar-refractivity contribution in [1.29, 1.82) is 0 Å². The first-order chi connectivity index (χ1) is 11.6. The van der Waals surface area contributed by atoms with Crippen molar-refractivity contribution in [2.75, 3.05) is 0 Å². The molecule has 2 aromatic carbocycles. The summed E-state index contributed by atoms with van der Waals surface area (Å²) in [6.45, 7) is 8.56. The van der Waals surface area contributed by atoms with E-state index in [9.17, 15) is 0 Å². The van der Waals surface area contributed by atoms with Gasteiger partial charge in [0.25, 0.3) is 0 Å². The summed E-state index contributed by atoms with van der Waals surface area (Å²) in [5, 5.41) is 0. The Morgan fingerprint density at radius 3 is 2.38 bits per heavy atom. The summed E-state index contributed by atoms with van der Waals surface area (Å²) >= 11 is 0. The van der Waals surface area contributed by atoms with Crippen LogP contribution in [0.25, 0.3) is 5.69 Å². The van der Waals surface area contributed by atoms with E-state index in [2.05, 4.69) is 79.7 Å². The first-order valence-electron chi connectivity index (χ1n) is 8.47. The number of rotatable bonds is 4. The highest BCUT2D eigenvalue weighted by atomic mass is 15.0. The summed E-state index contributed by atoms with van der Waals surface area (Å²) in [5.74, 6) is 0. The Hall–Kier alpha value is -2.61. The first kappa shape index (κ1) is 16.3. The van der Waals surface area contributed by atoms with E-state index in [-0.39, 0.29) is 0 Å². The van der Waals surface area contributed by atoms with Gasteiger partial charge in [0.15, 0.2) is 0 Å². The predicted octanol–water partition coefficient (Wildman–Crippen LogP) is 5.72. The second-order valence-corrected chi connectivity index (χ2v) is 6.28. The van der Waals surface area contributed by atoms with E-state index in [1.165, 1.54) is 28.2 Å². The van der Waals surface area contributed by atoms with Crippen LogP contribution in [0.1, 0.15) is 35.0 Å². The Labute approximate surface area is 144 Å². The second kappa shape index (κ2) is 6.88. The summed E-state index contributed by atoms with van der Waals surface area (Å²) in [6.07, 6.45) is 3.03. The van der Waals surface area contributed by atoms with Crippen molar-refractivity contribution < 1.29 is 0 Å². The highest BCUT2D eigenvalue weighted by molar-refractivity contribution is 5.84. The maximum atomic E-state index is 4.64. The zero-order chi connectivity index (χ0) is 17.1. The highest BCUT2D eigenvalue weighted by Gasteiger charge is 2.09. The lowest BCUT2D eigenvalue weighted by atomic mass is 10.1. The zero-order valence-electron chi connectivity index (χ0n) is 14.9. The van der Waals surface area contributed by atoms with Crippen LogP contribution in [-0.2, 0) is 6.42 Å². The number of aryl methyl sites for hydroxylation is 3. The van der Waals surface area contributed by atoms with Gasteiger partial charge in [-0.1, -0.05) is 31.2 Å². The van der Waals surface area contributed by atoms with Gasteiger partial charge in [-0.2, -0.15) is 0 Å². The predicted molar refractivity (Wildman–Crippen MR) is 103 cm³/mol. The second-order valence-electron chi connectivity index (χ2n) is 6.28. The minimum Gasteiger partial charge on any atom is -0.318 e. The van der Waals surface area contributed by atoms with Crippen molar-refractivity contribution in [3.05, 3.63) is 82.7 Å². The molecule has 0 atom stereocenters. The maximum absolute atomic E-state index is 4.64. The average molecular weight is 316 g/mol. The molecule has 3 rings (SSSR count). The van der Waals surface area contributed by atoms with Gasteiger partial charge in [0, 0.05) is 28.9 Å². The van der Waals surface area contributed by atoms with E-state index in [1.807, 2.05) is 18.3 Å². The Kier molecular flexibility index (Phi) is 4.66. The third-order valence-corrected chi connectivity index (χ3v) is 4.43. The van der Waals surface area contributed by atoms with Crippen molar-refractivity contribution in [3.63, 3.8) is 0 Å². The number of nitrogens with zero attached hydrogens (tertiary/aromatic N) is 2. The van der Waals surface area contributed by atoms with Crippen LogP contribution in [0.5, 0.6) is 0 Å². The molecule has 2 heteroatoms.